The number of carbonyl (C=O) groups excluding carboxylic acids is 2. The minimum atomic E-state index is -3.64. The summed E-state index contributed by atoms with van der Waals surface area (Å²) in [4.78, 5) is 26.5. The first-order chi connectivity index (χ1) is 14.2. The summed E-state index contributed by atoms with van der Waals surface area (Å²) in [5, 5.41) is 13.0. The van der Waals surface area contributed by atoms with Crippen LogP contribution >= 0.6 is 22.9 Å². The standard InChI is InChI=1S/C19H18ClN3O5S2/c1-28-19(25)23-8-6-14-15(10-21)18(29-16(14)11-23)22-17(24)7-9-30(26,27)13-4-2-12(20)3-5-13/h2-5H,6-9,11H2,1H3,(H,22,24). The van der Waals surface area contributed by atoms with Crippen LogP contribution in [0.2, 0.25) is 5.02 Å². The van der Waals surface area contributed by atoms with Gasteiger partial charge in [0, 0.05) is 22.9 Å². The first-order valence-corrected chi connectivity index (χ1v) is 11.8. The highest BCUT2D eigenvalue weighted by Gasteiger charge is 2.28. The maximum atomic E-state index is 12.4. The fraction of sp³-hybridized carbons (Fsp3) is 0.316. The van der Waals surface area contributed by atoms with Crippen molar-refractivity contribution in [3.05, 3.63) is 45.3 Å². The van der Waals surface area contributed by atoms with Gasteiger partial charge in [0.15, 0.2) is 9.84 Å². The molecule has 8 nitrogen and oxygen atoms in total. The molecule has 1 aliphatic heterocycles. The van der Waals surface area contributed by atoms with Crippen molar-refractivity contribution in [2.75, 3.05) is 24.7 Å². The van der Waals surface area contributed by atoms with Gasteiger partial charge in [0.1, 0.15) is 11.1 Å². The predicted octanol–water partition coefficient (Wildman–Crippen LogP) is 3.20. The Morgan fingerprint density at radius 3 is 2.67 bits per heavy atom. The fourth-order valence-electron chi connectivity index (χ4n) is 3.07. The van der Waals surface area contributed by atoms with Crippen LogP contribution < -0.4 is 5.32 Å². The molecule has 0 unspecified atom stereocenters. The lowest BCUT2D eigenvalue weighted by Gasteiger charge is -2.25. The molecule has 0 spiro atoms. The Balaban J connectivity index is 1.69. The summed E-state index contributed by atoms with van der Waals surface area (Å²) in [5.41, 5.74) is 1.15. The molecule has 0 saturated carbocycles. The van der Waals surface area contributed by atoms with E-state index in [0.29, 0.717) is 35.1 Å². The Labute approximate surface area is 182 Å². The molecule has 1 N–H and O–H groups in total. The van der Waals surface area contributed by atoms with E-state index in [9.17, 15) is 23.3 Å². The van der Waals surface area contributed by atoms with E-state index in [0.717, 1.165) is 10.4 Å². The molecule has 0 saturated heterocycles. The number of nitrogens with zero attached hydrogens (tertiary/aromatic N) is 2. The molecule has 1 aromatic carbocycles. The van der Waals surface area contributed by atoms with Gasteiger partial charge in [-0.25, -0.2) is 13.2 Å². The van der Waals surface area contributed by atoms with Gasteiger partial charge in [-0.3, -0.25) is 4.79 Å². The lowest BCUT2D eigenvalue weighted by molar-refractivity contribution is -0.115. The molecule has 30 heavy (non-hydrogen) atoms. The minimum absolute atomic E-state index is 0.0897. The monoisotopic (exact) mass is 467 g/mol. The van der Waals surface area contributed by atoms with E-state index < -0.39 is 21.8 Å². The number of thiophene rings is 1. The number of hydrogen-bond acceptors (Lipinski definition) is 7. The summed E-state index contributed by atoms with van der Waals surface area (Å²) in [5.74, 6) is -0.878. The number of hydrogen-bond donors (Lipinski definition) is 1. The minimum Gasteiger partial charge on any atom is -0.453 e. The number of ether oxygens (including phenoxy) is 1. The molecule has 0 fully saturated rings. The average Bonchev–Trinajstić information content (AvgIpc) is 3.08. The van der Waals surface area contributed by atoms with Crippen LogP contribution in [0.25, 0.3) is 0 Å². The van der Waals surface area contributed by atoms with Crippen LogP contribution in [0, 0.1) is 11.3 Å². The normalized spacial score (nSPS) is 13.3. The van der Waals surface area contributed by atoms with E-state index in [1.165, 1.54) is 47.6 Å². The summed E-state index contributed by atoms with van der Waals surface area (Å²) < 4.78 is 29.5. The first-order valence-electron chi connectivity index (χ1n) is 8.91. The number of sulfone groups is 1. The van der Waals surface area contributed by atoms with Gasteiger partial charge in [-0.05, 0) is 36.2 Å². The Bertz CT molecular complexity index is 1120. The van der Waals surface area contributed by atoms with Crippen LogP contribution in [0.15, 0.2) is 29.2 Å². The summed E-state index contributed by atoms with van der Waals surface area (Å²) >= 11 is 6.98. The smallest absolute Gasteiger partial charge is 0.409 e. The molecule has 2 amide bonds. The van der Waals surface area contributed by atoms with Crippen LogP contribution in [0.1, 0.15) is 22.4 Å². The Hall–Kier alpha value is -2.61. The van der Waals surface area contributed by atoms with Crippen molar-refractivity contribution in [3.63, 3.8) is 0 Å². The third-order valence-electron chi connectivity index (χ3n) is 4.63. The molecular formula is C19H18ClN3O5S2. The van der Waals surface area contributed by atoms with E-state index in [1.807, 2.05) is 0 Å². The molecule has 0 bridgehead atoms. The number of rotatable bonds is 5. The van der Waals surface area contributed by atoms with Crippen LogP contribution in [0.4, 0.5) is 9.80 Å². The second kappa shape index (κ2) is 9.04. The van der Waals surface area contributed by atoms with Gasteiger partial charge in [-0.1, -0.05) is 11.6 Å². The van der Waals surface area contributed by atoms with Crippen LogP contribution in [-0.2, 0) is 32.3 Å². The topological polar surface area (TPSA) is 117 Å². The summed E-state index contributed by atoms with van der Waals surface area (Å²) in [7, 11) is -2.34. The van der Waals surface area contributed by atoms with Crippen molar-refractivity contribution in [1.29, 1.82) is 5.26 Å². The van der Waals surface area contributed by atoms with Crippen LogP contribution in [0.5, 0.6) is 0 Å². The van der Waals surface area contributed by atoms with Crippen LogP contribution in [0.3, 0.4) is 0 Å². The molecule has 0 atom stereocenters. The van der Waals surface area contributed by atoms with Crippen LogP contribution in [-0.4, -0.2) is 44.7 Å². The van der Waals surface area contributed by atoms with Gasteiger partial charge in [-0.2, -0.15) is 5.26 Å². The molecular weight excluding hydrogens is 450 g/mol. The second-order valence-electron chi connectivity index (χ2n) is 6.53. The first kappa shape index (κ1) is 22.1. The number of nitrogens with one attached hydrogen (secondary N) is 1. The summed E-state index contributed by atoms with van der Waals surface area (Å²) in [6.45, 7) is 0.708. The van der Waals surface area contributed by atoms with Crippen molar-refractivity contribution >= 4 is 49.8 Å². The largest absolute Gasteiger partial charge is 0.453 e. The number of amides is 2. The van der Waals surface area contributed by atoms with Gasteiger partial charge in [0.2, 0.25) is 5.91 Å². The molecule has 0 radical (unpaired) electrons. The SMILES string of the molecule is COC(=O)N1CCc2c(sc(NC(=O)CCS(=O)(=O)c3ccc(Cl)cc3)c2C#N)C1. The molecule has 1 aliphatic rings. The number of halogens is 1. The van der Waals surface area contributed by atoms with Gasteiger partial charge < -0.3 is 15.0 Å². The predicted molar refractivity (Wildman–Crippen MR) is 112 cm³/mol. The molecule has 0 aliphatic carbocycles. The Kier molecular flexibility index (Phi) is 6.65. The molecule has 2 heterocycles. The van der Waals surface area contributed by atoms with Gasteiger partial charge in [0.25, 0.3) is 0 Å². The fourth-order valence-corrected chi connectivity index (χ4v) is 5.67. The van der Waals surface area contributed by atoms with Gasteiger partial charge >= 0.3 is 6.09 Å². The average molecular weight is 468 g/mol. The van der Waals surface area contributed by atoms with E-state index >= 15 is 0 Å². The number of benzene rings is 1. The molecule has 158 valence electrons. The van der Waals surface area contributed by atoms with Crippen molar-refractivity contribution < 1.29 is 22.7 Å². The van der Waals surface area contributed by atoms with Crippen molar-refractivity contribution in [3.8, 4) is 6.07 Å². The number of nitriles is 1. The summed E-state index contributed by atoms with van der Waals surface area (Å²) in [6.07, 6.45) is -0.234. The summed E-state index contributed by atoms with van der Waals surface area (Å²) in [6, 6.07) is 7.83. The number of carbonyl (C=O) groups is 2. The van der Waals surface area contributed by atoms with Crippen molar-refractivity contribution in [2.24, 2.45) is 0 Å². The third-order valence-corrected chi connectivity index (χ3v) is 7.74. The highest BCUT2D eigenvalue weighted by molar-refractivity contribution is 7.91. The maximum Gasteiger partial charge on any atom is 0.409 e. The van der Waals surface area contributed by atoms with Crippen molar-refractivity contribution in [1.82, 2.24) is 4.90 Å². The lowest BCUT2D eigenvalue weighted by atomic mass is 10.0. The molecule has 3 rings (SSSR count). The zero-order valence-corrected chi connectivity index (χ0v) is 18.4. The van der Waals surface area contributed by atoms with Crippen molar-refractivity contribution in [2.45, 2.75) is 24.3 Å². The number of fused-ring (bicyclic) bond motifs is 1. The third kappa shape index (κ3) is 4.75. The van der Waals surface area contributed by atoms with E-state index in [2.05, 4.69) is 11.4 Å². The molecule has 11 heteroatoms. The van der Waals surface area contributed by atoms with Gasteiger partial charge in [0.05, 0.1) is 29.9 Å². The zero-order valence-electron chi connectivity index (χ0n) is 16.0. The highest BCUT2D eigenvalue weighted by atomic mass is 35.5. The second-order valence-corrected chi connectivity index (χ2v) is 10.2. The number of anilines is 1. The van der Waals surface area contributed by atoms with Gasteiger partial charge in [-0.15, -0.1) is 11.3 Å². The van der Waals surface area contributed by atoms with E-state index in [1.54, 1.807) is 0 Å². The Morgan fingerprint density at radius 2 is 2.03 bits per heavy atom. The van der Waals surface area contributed by atoms with E-state index in [-0.39, 0.29) is 17.1 Å². The van der Waals surface area contributed by atoms with E-state index in [4.69, 9.17) is 16.3 Å². The quantitative estimate of drug-likeness (QED) is 0.721. The zero-order chi connectivity index (χ0) is 21.9. The highest BCUT2D eigenvalue weighted by Crippen LogP contribution is 2.36. The Morgan fingerprint density at radius 1 is 1.33 bits per heavy atom. The maximum absolute atomic E-state index is 12.4. The molecule has 1 aromatic heterocycles. The lowest BCUT2D eigenvalue weighted by Crippen LogP contribution is -2.35. The number of methoxy groups -OCH3 is 1. The molecule has 2 aromatic rings.